The van der Waals surface area contributed by atoms with E-state index in [0.717, 1.165) is 59.4 Å². The molecule has 6 aromatic rings. The SMILES string of the molecule is COc1cc(OC2CC2)cc(-c2ccc(NC(=O)c3cnc(C)nc3)nc2)c1.Cc1ncc(C(=O)Nc2ccc(-c3cc(O)cc(OC4CC4)c3)cn2)cn1. The van der Waals surface area contributed by atoms with Crippen molar-refractivity contribution in [3.8, 4) is 45.3 Å². The Morgan fingerprint density at radius 1 is 0.564 bits per heavy atom. The third-order valence-corrected chi connectivity index (χ3v) is 8.42. The van der Waals surface area contributed by atoms with Crippen molar-refractivity contribution in [3.63, 3.8) is 0 Å². The molecule has 0 aliphatic heterocycles. The molecule has 3 N–H and O–H groups in total. The summed E-state index contributed by atoms with van der Waals surface area (Å²) in [5.74, 6) is 3.75. The second kappa shape index (κ2) is 16.4. The molecule has 0 atom stereocenters. The molecule has 2 amide bonds. The molecule has 8 rings (SSSR count). The fourth-order valence-corrected chi connectivity index (χ4v) is 5.17. The Bertz CT molecular complexity index is 2280. The van der Waals surface area contributed by atoms with Crippen molar-refractivity contribution in [1.29, 1.82) is 0 Å². The topological polar surface area (TPSA) is 183 Å². The summed E-state index contributed by atoms with van der Waals surface area (Å²) in [6.07, 6.45) is 14.1. The number of hydrogen-bond acceptors (Lipinski definition) is 12. The Kier molecular flexibility index (Phi) is 10.8. The van der Waals surface area contributed by atoms with Gasteiger partial charge in [-0.2, -0.15) is 0 Å². The smallest absolute Gasteiger partial charge is 0.259 e. The largest absolute Gasteiger partial charge is 0.508 e. The Balaban J connectivity index is 0.000000169. The molecule has 0 saturated heterocycles. The van der Waals surface area contributed by atoms with E-state index in [9.17, 15) is 14.7 Å². The number of carbonyl (C=O) groups is 2. The second-order valence-electron chi connectivity index (χ2n) is 13.1. The van der Waals surface area contributed by atoms with Crippen LogP contribution in [0.4, 0.5) is 11.6 Å². The summed E-state index contributed by atoms with van der Waals surface area (Å²) in [6.45, 7) is 3.52. The van der Waals surface area contributed by atoms with Crippen molar-refractivity contribution in [2.75, 3.05) is 17.7 Å². The number of phenols is 1. The molecule has 2 aliphatic rings. The average molecular weight is 739 g/mol. The van der Waals surface area contributed by atoms with E-state index in [4.69, 9.17) is 14.2 Å². The lowest BCUT2D eigenvalue weighted by molar-refractivity contribution is 0.101. The lowest BCUT2D eigenvalue weighted by Gasteiger charge is -2.11. The first-order valence-electron chi connectivity index (χ1n) is 17.7. The van der Waals surface area contributed by atoms with Gasteiger partial charge in [-0.1, -0.05) is 0 Å². The monoisotopic (exact) mass is 738 g/mol. The minimum Gasteiger partial charge on any atom is -0.508 e. The van der Waals surface area contributed by atoms with E-state index in [1.165, 1.54) is 24.8 Å². The first-order valence-corrected chi connectivity index (χ1v) is 17.7. The minimum absolute atomic E-state index is 0.139. The molecule has 2 aliphatic carbocycles. The highest BCUT2D eigenvalue weighted by Gasteiger charge is 2.25. The van der Waals surface area contributed by atoms with Crippen LogP contribution in [0.1, 0.15) is 58.0 Å². The molecule has 2 fully saturated rings. The van der Waals surface area contributed by atoms with Crippen LogP contribution in [0.15, 0.2) is 97.8 Å². The maximum absolute atomic E-state index is 12.3. The minimum atomic E-state index is -0.326. The second-order valence-corrected chi connectivity index (χ2v) is 13.1. The lowest BCUT2D eigenvalue weighted by Crippen LogP contribution is -2.13. The van der Waals surface area contributed by atoms with Crippen molar-refractivity contribution >= 4 is 23.5 Å². The number of ether oxygens (including phenoxy) is 3. The van der Waals surface area contributed by atoms with Gasteiger partial charge in [0.15, 0.2) is 0 Å². The number of methoxy groups -OCH3 is 1. The highest BCUT2D eigenvalue weighted by molar-refractivity contribution is 6.04. The first-order chi connectivity index (χ1) is 26.7. The van der Waals surface area contributed by atoms with Gasteiger partial charge in [0, 0.05) is 60.4 Å². The molecule has 14 nitrogen and oxygen atoms in total. The Morgan fingerprint density at radius 3 is 1.42 bits per heavy atom. The molecule has 0 spiro atoms. The summed E-state index contributed by atoms with van der Waals surface area (Å²) in [7, 11) is 1.63. The maximum Gasteiger partial charge on any atom is 0.259 e. The molecule has 0 radical (unpaired) electrons. The number of nitrogens with one attached hydrogen (secondary N) is 2. The van der Waals surface area contributed by atoms with E-state index in [1.54, 1.807) is 57.6 Å². The number of aromatic hydroxyl groups is 1. The molecule has 278 valence electrons. The van der Waals surface area contributed by atoms with Crippen LogP contribution in [-0.4, -0.2) is 66.1 Å². The summed E-state index contributed by atoms with van der Waals surface area (Å²) in [4.78, 5) is 49.1. The number of nitrogens with zero attached hydrogens (tertiary/aromatic N) is 6. The number of aromatic nitrogens is 6. The number of carbonyl (C=O) groups excluding carboxylic acids is 2. The van der Waals surface area contributed by atoms with E-state index >= 15 is 0 Å². The van der Waals surface area contributed by atoms with Crippen molar-refractivity contribution in [1.82, 2.24) is 29.9 Å². The van der Waals surface area contributed by atoms with E-state index in [0.29, 0.717) is 46.3 Å². The predicted octanol–water partition coefficient (Wildman–Crippen LogP) is 7.00. The van der Waals surface area contributed by atoms with E-state index < -0.39 is 0 Å². The number of amides is 2. The number of hydrogen-bond donors (Lipinski definition) is 3. The fraction of sp³-hybridized carbons (Fsp3) is 0.220. The van der Waals surface area contributed by atoms with Crippen molar-refractivity contribution < 1.29 is 28.9 Å². The molecular formula is C41H38N8O6. The molecule has 0 unspecified atom stereocenters. The third-order valence-electron chi connectivity index (χ3n) is 8.42. The van der Waals surface area contributed by atoms with Gasteiger partial charge in [-0.05, 0) is 99.2 Å². The van der Waals surface area contributed by atoms with E-state index in [1.807, 2.05) is 36.4 Å². The molecule has 14 heteroatoms. The average Bonchev–Trinajstić information content (AvgIpc) is 4.14. The summed E-state index contributed by atoms with van der Waals surface area (Å²) >= 11 is 0. The van der Waals surface area contributed by atoms with Gasteiger partial charge < -0.3 is 30.0 Å². The van der Waals surface area contributed by atoms with E-state index in [2.05, 4.69) is 40.5 Å². The van der Waals surface area contributed by atoms with Crippen LogP contribution in [-0.2, 0) is 0 Å². The normalized spacial score (nSPS) is 13.1. The van der Waals surface area contributed by atoms with Crippen LogP contribution in [0.3, 0.4) is 0 Å². The predicted molar refractivity (Wildman–Crippen MR) is 204 cm³/mol. The molecule has 2 aromatic carbocycles. The quantitative estimate of drug-likeness (QED) is 0.124. The van der Waals surface area contributed by atoms with Gasteiger partial charge in [-0.25, -0.2) is 29.9 Å². The number of rotatable bonds is 11. The zero-order valence-corrected chi connectivity index (χ0v) is 30.4. The van der Waals surface area contributed by atoms with Crippen molar-refractivity contribution in [2.45, 2.75) is 51.7 Å². The lowest BCUT2D eigenvalue weighted by atomic mass is 10.1. The Morgan fingerprint density at radius 2 is 1.00 bits per heavy atom. The zero-order chi connectivity index (χ0) is 38.3. The van der Waals surface area contributed by atoms with E-state index in [-0.39, 0.29) is 23.7 Å². The van der Waals surface area contributed by atoms with Crippen LogP contribution < -0.4 is 24.8 Å². The Labute approximate surface area is 317 Å². The van der Waals surface area contributed by atoms with Gasteiger partial charge in [0.2, 0.25) is 0 Å². The third kappa shape index (κ3) is 10.1. The standard InChI is InChI=1S/C21H20N4O3.C20H18N4O3/c1-13-22-11-16(12-23-13)21(26)25-20-6-3-14(10-24-20)15-7-18(27-2)9-19(8-15)28-17-4-5-17;1-12-21-10-15(11-22-12)20(26)24-19-5-2-13(9-23-19)14-6-16(25)8-18(7-14)27-17-3-4-17/h3,6-12,17H,4-5H2,1-2H3,(H,24,25,26);2,5-11,17,25H,3-4H2,1H3,(H,23,24,26). The molecule has 4 aromatic heterocycles. The molecule has 55 heavy (non-hydrogen) atoms. The van der Waals surface area contributed by atoms with Crippen LogP contribution in [0.25, 0.3) is 22.3 Å². The summed E-state index contributed by atoms with van der Waals surface area (Å²) < 4.78 is 17.0. The molecule has 4 heterocycles. The van der Waals surface area contributed by atoms with Crippen LogP contribution >= 0.6 is 0 Å². The molecule has 2 saturated carbocycles. The summed E-state index contributed by atoms with van der Waals surface area (Å²) in [5, 5.41) is 15.4. The van der Waals surface area contributed by atoms with Crippen LogP contribution in [0.5, 0.6) is 23.0 Å². The van der Waals surface area contributed by atoms with Crippen molar-refractivity contribution in [3.05, 3.63) is 121 Å². The highest BCUT2D eigenvalue weighted by Crippen LogP contribution is 2.35. The zero-order valence-electron chi connectivity index (χ0n) is 30.4. The van der Waals surface area contributed by atoms with Gasteiger partial charge >= 0.3 is 0 Å². The number of pyridine rings is 2. The first kappa shape index (κ1) is 36.4. The van der Waals surface area contributed by atoms with Gasteiger partial charge in [0.1, 0.15) is 46.3 Å². The summed E-state index contributed by atoms with van der Waals surface area (Å²) in [5.41, 5.74) is 4.18. The summed E-state index contributed by atoms with van der Waals surface area (Å²) in [6, 6.07) is 18.1. The Hall–Kier alpha value is -6.96. The molecule has 0 bridgehead atoms. The van der Waals surface area contributed by atoms with Crippen LogP contribution in [0.2, 0.25) is 0 Å². The van der Waals surface area contributed by atoms with Gasteiger partial charge in [-0.15, -0.1) is 0 Å². The fourth-order valence-electron chi connectivity index (χ4n) is 5.17. The number of aryl methyl sites for hydroxylation is 2. The van der Waals surface area contributed by atoms with Gasteiger partial charge in [0.25, 0.3) is 11.8 Å². The number of anilines is 2. The number of phenolic OH excluding ortho intramolecular Hbond substituents is 1. The number of benzene rings is 2. The van der Waals surface area contributed by atoms with Crippen molar-refractivity contribution in [2.24, 2.45) is 0 Å². The highest BCUT2D eigenvalue weighted by atomic mass is 16.5. The van der Waals surface area contributed by atoms with Gasteiger partial charge in [-0.3, -0.25) is 9.59 Å². The van der Waals surface area contributed by atoms with Gasteiger partial charge in [0.05, 0.1) is 30.4 Å². The molecular weight excluding hydrogens is 701 g/mol. The maximum atomic E-state index is 12.3. The van der Waals surface area contributed by atoms with Crippen LogP contribution in [0, 0.1) is 13.8 Å².